The van der Waals surface area contributed by atoms with Crippen molar-refractivity contribution >= 4 is 6.29 Å². The number of methoxy groups -OCH3 is 1. The van der Waals surface area contributed by atoms with Crippen LogP contribution in [0.25, 0.3) is 0 Å². The molecule has 0 aromatic heterocycles. The van der Waals surface area contributed by atoms with Crippen LogP contribution >= 0.6 is 0 Å². The average molecular weight is 278 g/mol. The zero-order valence-corrected chi connectivity index (χ0v) is 10.7. The van der Waals surface area contributed by atoms with Gasteiger partial charge in [0, 0.05) is 5.56 Å². The lowest BCUT2D eigenvalue weighted by Crippen LogP contribution is -2.03. The number of halogens is 2. The summed E-state index contributed by atoms with van der Waals surface area (Å²) in [5.74, 6) is -0.574. The van der Waals surface area contributed by atoms with Gasteiger partial charge in [0.15, 0.2) is 17.8 Å². The van der Waals surface area contributed by atoms with Crippen LogP contribution in [0.4, 0.5) is 8.78 Å². The van der Waals surface area contributed by atoms with Gasteiger partial charge in [0.2, 0.25) is 0 Å². The van der Waals surface area contributed by atoms with Crippen LogP contribution in [0.15, 0.2) is 36.4 Å². The Hall–Kier alpha value is -2.43. The molecule has 0 aliphatic carbocycles. The maximum absolute atomic E-state index is 13.5. The third kappa shape index (κ3) is 2.93. The minimum Gasteiger partial charge on any atom is -0.493 e. The summed E-state index contributed by atoms with van der Waals surface area (Å²) in [4.78, 5) is 11.0. The van der Waals surface area contributed by atoms with Crippen molar-refractivity contribution in [3.8, 4) is 11.5 Å². The second-order valence-electron chi connectivity index (χ2n) is 4.02. The average Bonchev–Trinajstić information content (AvgIpc) is 2.47. The summed E-state index contributed by atoms with van der Waals surface area (Å²) in [5.41, 5.74) is 0.342. The molecule has 0 unspecified atom stereocenters. The number of carbonyl (C=O) groups excluding carboxylic acids is 1. The largest absolute Gasteiger partial charge is 0.493 e. The molecule has 0 radical (unpaired) electrons. The number of hydrogen-bond donors (Lipinski definition) is 0. The molecule has 2 aromatic carbocycles. The summed E-state index contributed by atoms with van der Waals surface area (Å²) in [5, 5.41) is 0. The molecule has 0 aliphatic heterocycles. The van der Waals surface area contributed by atoms with Gasteiger partial charge in [-0.05, 0) is 30.3 Å². The first kappa shape index (κ1) is 14.0. The van der Waals surface area contributed by atoms with Crippen molar-refractivity contribution in [2.75, 3.05) is 7.11 Å². The van der Waals surface area contributed by atoms with E-state index in [1.165, 1.54) is 7.11 Å². The lowest BCUT2D eigenvalue weighted by atomic mass is 10.2. The monoisotopic (exact) mass is 278 g/mol. The molecule has 0 bridgehead atoms. The molecule has 0 saturated heterocycles. The van der Waals surface area contributed by atoms with Gasteiger partial charge in [-0.3, -0.25) is 4.79 Å². The van der Waals surface area contributed by atoms with Crippen molar-refractivity contribution in [3.05, 3.63) is 59.2 Å². The number of hydrogen-bond acceptors (Lipinski definition) is 3. The SMILES string of the molecule is COc1cccc(C=O)c1OCc1cc(F)ccc1F. The van der Waals surface area contributed by atoms with E-state index in [1.807, 2.05) is 0 Å². The van der Waals surface area contributed by atoms with Crippen molar-refractivity contribution in [1.29, 1.82) is 0 Å². The number of aldehydes is 1. The molecule has 0 fully saturated rings. The Morgan fingerprint density at radius 3 is 2.70 bits per heavy atom. The van der Waals surface area contributed by atoms with E-state index in [4.69, 9.17) is 9.47 Å². The summed E-state index contributed by atoms with van der Waals surface area (Å²) >= 11 is 0. The van der Waals surface area contributed by atoms with Crippen LogP contribution in [0.2, 0.25) is 0 Å². The Morgan fingerprint density at radius 2 is 2.00 bits per heavy atom. The van der Waals surface area contributed by atoms with Crippen LogP contribution in [0.3, 0.4) is 0 Å². The van der Waals surface area contributed by atoms with E-state index in [2.05, 4.69) is 0 Å². The zero-order chi connectivity index (χ0) is 14.5. The normalized spacial score (nSPS) is 10.2. The molecule has 0 heterocycles. The van der Waals surface area contributed by atoms with Gasteiger partial charge in [-0.15, -0.1) is 0 Å². The molecule has 20 heavy (non-hydrogen) atoms. The molecule has 104 valence electrons. The van der Waals surface area contributed by atoms with Gasteiger partial charge < -0.3 is 9.47 Å². The van der Waals surface area contributed by atoms with Crippen LogP contribution in [0, 0.1) is 11.6 Å². The highest BCUT2D eigenvalue weighted by Gasteiger charge is 2.12. The maximum Gasteiger partial charge on any atom is 0.172 e. The number of para-hydroxylation sites is 1. The summed E-state index contributed by atoms with van der Waals surface area (Å²) < 4.78 is 37.0. The van der Waals surface area contributed by atoms with Crippen molar-refractivity contribution in [2.24, 2.45) is 0 Å². The first-order valence-corrected chi connectivity index (χ1v) is 5.84. The van der Waals surface area contributed by atoms with Crippen LogP contribution in [0.1, 0.15) is 15.9 Å². The van der Waals surface area contributed by atoms with Gasteiger partial charge >= 0.3 is 0 Å². The predicted octanol–water partition coefficient (Wildman–Crippen LogP) is 3.36. The Balaban J connectivity index is 2.26. The highest BCUT2D eigenvalue weighted by Crippen LogP contribution is 2.30. The van der Waals surface area contributed by atoms with Crippen LogP contribution in [-0.4, -0.2) is 13.4 Å². The number of benzene rings is 2. The van der Waals surface area contributed by atoms with E-state index in [0.717, 1.165) is 18.2 Å². The fourth-order valence-corrected chi connectivity index (χ4v) is 1.74. The first-order chi connectivity index (χ1) is 9.65. The number of rotatable bonds is 5. The molecular weight excluding hydrogens is 266 g/mol. The molecule has 2 aromatic rings. The van der Waals surface area contributed by atoms with Crippen molar-refractivity contribution < 1.29 is 23.0 Å². The molecule has 3 nitrogen and oxygen atoms in total. The second-order valence-corrected chi connectivity index (χ2v) is 4.02. The number of carbonyl (C=O) groups is 1. The molecule has 0 atom stereocenters. The fourth-order valence-electron chi connectivity index (χ4n) is 1.74. The topological polar surface area (TPSA) is 35.5 Å². The quantitative estimate of drug-likeness (QED) is 0.787. The lowest BCUT2D eigenvalue weighted by molar-refractivity contribution is 0.111. The van der Waals surface area contributed by atoms with Crippen LogP contribution in [0.5, 0.6) is 11.5 Å². The molecule has 0 N–H and O–H groups in total. The summed E-state index contributed by atoms with van der Waals surface area (Å²) in [6.07, 6.45) is 0.611. The van der Waals surface area contributed by atoms with Gasteiger partial charge in [0.25, 0.3) is 0 Å². The van der Waals surface area contributed by atoms with Gasteiger partial charge in [0.1, 0.15) is 18.2 Å². The molecule has 2 rings (SSSR count). The summed E-state index contributed by atoms with van der Waals surface area (Å²) in [6.45, 7) is -0.204. The molecule has 0 aliphatic rings. The predicted molar refractivity (Wildman–Crippen MR) is 69.1 cm³/mol. The van der Waals surface area contributed by atoms with Crippen molar-refractivity contribution in [1.82, 2.24) is 0 Å². The van der Waals surface area contributed by atoms with E-state index in [-0.39, 0.29) is 23.5 Å². The molecular formula is C15H12F2O3. The summed E-state index contributed by atoms with van der Waals surface area (Å²) in [6, 6.07) is 7.90. The molecule has 5 heteroatoms. The summed E-state index contributed by atoms with van der Waals surface area (Å²) in [7, 11) is 1.43. The van der Waals surface area contributed by atoms with E-state index in [1.54, 1.807) is 18.2 Å². The Kier molecular flexibility index (Phi) is 4.30. The third-order valence-electron chi connectivity index (χ3n) is 2.74. The minimum atomic E-state index is -0.575. The highest BCUT2D eigenvalue weighted by atomic mass is 19.1. The lowest BCUT2D eigenvalue weighted by Gasteiger charge is -2.12. The zero-order valence-electron chi connectivity index (χ0n) is 10.7. The smallest absolute Gasteiger partial charge is 0.172 e. The third-order valence-corrected chi connectivity index (χ3v) is 2.74. The Morgan fingerprint density at radius 1 is 1.20 bits per heavy atom. The van der Waals surface area contributed by atoms with E-state index in [0.29, 0.717) is 12.0 Å². The van der Waals surface area contributed by atoms with E-state index >= 15 is 0 Å². The maximum atomic E-state index is 13.5. The van der Waals surface area contributed by atoms with Gasteiger partial charge in [0.05, 0.1) is 12.7 Å². The first-order valence-electron chi connectivity index (χ1n) is 5.84. The van der Waals surface area contributed by atoms with Gasteiger partial charge in [-0.2, -0.15) is 0 Å². The van der Waals surface area contributed by atoms with E-state index < -0.39 is 11.6 Å². The van der Waals surface area contributed by atoms with Gasteiger partial charge in [-0.25, -0.2) is 8.78 Å². The number of ether oxygens (including phenoxy) is 2. The van der Waals surface area contributed by atoms with E-state index in [9.17, 15) is 13.6 Å². The van der Waals surface area contributed by atoms with Crippen LogP contribution in [-0.2, 0) is 6.61 Å². The second kappa shape index (κ2) is 6.14. The standard InChI is InChI=1S/C15H12F2O3/c1-19-14-4-2-3-10(8-18)15(14)20-9-11-7-12(16)5-6-13(11)17/h2-8H,9H2,1H3. The van der Waals surface area contributed by atoms with Crippen molar-refractivity contribution in [2.45, 2.75) is 6.61 Å². The fraction of sp³-hybridized carbons (Fsp3) is 0.133. The van der Waals surface area contributed by atoms with Gasteiger partial charge in [-0.1, -0.05) is 6.07 Å². The highest BCUT2D eigenvalue weighted by molar-refractivity contribution is 5.81. The molecule has 0 amide bonds. The Bertz CT molecular complexity index is 627. The Labute approximate surface area is 114 Å². The van der Waals surface area contributed by atoms with Crippen molar-refractivity contribution in [3.63, 3.8) is 0 Å². The molecule has 0 saturated carbocycles. The minimum absolute atomic E-state index is 0.0627. The van der Waals surface area contributed by atoms with Crippen LogP contribution < -0.4 is 9.47 Å². The molecule has 0 spiro atoms.